The van der Waals surface area contributed by atoms with Gasteiger partial charge in [-0.1, -0.05) is 17.8 Å². The Hall–Kier alpha value is -3.83. The lowest BCUT2D eigenvalue weighted by Crippen LogP contribution is -2.38. The van der Waals surface area contributed by atoms with Crippen molar-refractivity contribution in [3.8, 4) is 11.5 Å². The average molecular weight is 539 g/mol. The number of carbonyl (C=O) groups excluding carboxylic acids is 2. The van der Waals surface area contributed by atoms with Gasteiger partial charge in [0.2, 0.25) is 5.91 Å². The minimum atomic E-state index is -0.634. The zero-order chi connectivity index (χ0) is 27.1. The SMILES string of the molecule is COCCOC(=O)C1=C(C)N=C2SC=C(CC(=O)NCc3cccnc3)N2[C@H]1c1ccc(OC)cc1OC. The maximum absolute atomic E-state index is 13.4. The van der Waals surface area contributed by atoms with Gasteiger partial charge in [0.1, 0.15) is 18.1 Å². The Morgan fingerprint density at radius 3 is 2.68 bits per heavy atom. The van der Waals surface area contributed by atoms with Crippen molar-refractivity contribution in [3.63, 3.8) is 0 Å². The standard InChI is InChI=1S/C27H30N4O6S/c1-17-24(26(33)37-11-10-34-2)25(21-8-7-20(35-3)13-22(21)36-4)31-19(16-38-27(31)30-17)12-23(32)29-15-18-6-5-9-28-14-18/h5-9,13-14,16,25H,10-12,15H2,1-4H3,(H,29,32)/t25-/m0/s1. The summed E-state index contributed by atoms with van der Waals surface area (Å²) in [5, 5.41) is 5.48. The summed E-state index contributed by atoms with van der Waals surface area (Å²) < 4.78 is 21.6. The fraction of sp³-hybridized carbons (Fsp3) is 0.333. The highest BCUT2D eigenvalue weighted by molar-refractivity contribution is 8.16. The number of hydrogen-bond donors (Lipinski definition) is 1. The predicted octanol–water partition coefficient (Wildman–Crippen LogP) is 3.57. The van der Waals surface area contributed by atoms with E-state index in [0.717, 1.165) is 5.56 Å². The number of esters is 1. The van der Waals surface area contributed by atoms with Crippen LogP contribution in [-0.4, -0.2) is 61.5 Å². The van der Waals surface area contributed by atoms with Crippen LogP contribution in [0, 0.1) is 0 Å². The van der Waals surface area contributed by atoms with Gasteiger partial charge < -0.3 is 29.2 Å². The number of ether oxygens (including phenoxy) is 4. The first-order valence-electron chi connectivity index (χ1n) is 11.9. The number of amides is 1. The highest BCUT2D eigenvalue weighted by Gasteiger charge is 2.42. The molecule has 2 aromatic rings. The Morgan fingerprint density at radius 1 is 1.13 bits per heavy atom. The Bertz CT molecular complexity index is 1280. The molecule has 4 rings (SSSR count). The number of allylic oxidation sites excluding steroid dienone is 1. The van der Waals surface area contributed by atoms with Crippen molar-refractivity contribution < 1.29 is 28.5 Å². The minimum absolute atomic E-state index is 0.0896. The van der Waals surface area contributed by atoms with E-state index in [9.17, 15) is 9.59 Å². The van der Waals surface area contributed by atoms with E-state index in [4.69, 9.17) is 18.9 Å². The molecule has 0 bridgehead atoms. The lowest BCUT2D eigenvalue weighted by atomic mass is 9.93. The summed E-state index contributed by atoms with van der Waals surface area (Å²) in [4.78, 5) is 37.0. The first-order valence-corrected chi connectivity index (χ1v) is 12.8. The van der Waals surface area contributed by atoms with Gasteiger partial charge in [0.15, 0.2) is 5.17 Å². The van der Waals surface area contributed by atoms with Crippen LogP contribution in [0.5, 0.6) is 11.5 Å². The van der Waals surface area contributed by atoms with Gasteiger partial charge in [-0.2, -0.15) is 0 Å². The zero-order valence-electron chi connectivity index (χ0n) is 21.7. The first kappa shape index (κ1) is 27.2. The first-order chi connectivity index (χ1) is 18.5. The van der Waals surface area contributed by atoms with Crippen LogP contribution < -0.4 is 14.8 Å². The number of methoxy groups -OCH3 is 3. The number of hydrogen-bond acceptors (Lipinski definition) is 10. The van der Waals surface area contributed by atoms with Crippen LogP contribution >= 0.6 is 11.8 Å². The van der Waals surface area contributed by atoms with Gasteiger partial charge in [-0.25, -0.2) is 9.79 Å². The molecule has 200 valence electrons. The van der Waals surface area contributed by atoms with Crippen molar-refractivity contribution in [1.82, 2.24) is 15.2 Å². The van der Waals surface area contributed by atoms with E-state index < -0.39 is 12.0 Å². The topological polar surface area (TPSA) is 112 Å². The predicted molar refractivity (Wildman–Crippen MR) is 143 cm³/mol. The average Bonchev–Trinajstić information content (AvgIpc) is 3.33. The van der Waals surface area contributed by atoms with Crippen LogP contribution in [0.2, 0.25) is 0 Å². The van der Waals surface area contributed by atoms with Crippen LogP contribution in [0.25, 0.3) is 0 Å². The molecule has 11 heteroatoms. The fourth-order valence-corrected chi connectivity index (χ4v) is 5.16. The molecule has 0 radical (unpaired) electrons. The summed E-state index contributed by atoms with van der Waals surface area (Å²) in [6, 6.07) is 8.50. The van der Waals surface area contributed by atoms with Gasteiger partial charge in [-0.3, -0.25) is 9.78 Å². The molecule has 2 aliphatic heterocycles. The maximum Gasteiger partial charge on any atom is 0.338 e. The summed E-state index contributed by atoms with van der Waals surface area (Å²) >= 11 is 1.40. The molecule has 10 nitrogen and oxygen atoms in total. The summed E-state index contributed by atoms with van der Waals surface area (Å²) in [6.07, 6.45) is 3.48. The van der Waals surface area contributed by atoms with Crippen molar-refractivity contribution in [2.45, 2.75) is 25.9 Å². The molecule has 1 atom stereocenters. The third-order valence-electron chi connectivity index (χ3n) is 6.03. The highest BCUT2D eigenvalue weighted by Crippen LogP contribution is 2.47. The third kappa shape index (κ3) is 6.00. The van der Waals surface area contributed by atoms with Gasteiger partial charge in [0, 0.05) is 43.4 Å². The van der Waals surface area contributed by atoms with Gasteiger partial charge >= 0.3 is 5.97 Å². The molecule has 3 heterocycles. The minimum Gasteiger partial charge on any atom is -0.497 e. The molecule has 1 aromatic heterocycles. The smallest absolute Gasteiger partial charge is 0.338 e. The van der Waals surface area contributed by atoms with Crippen molar-refractivity contribution in [1.29, 1.82) is 0 Å². The zero-order valence-corrected chi connectivity index (χ0v) is 22.5. The lowest BCUT2D eigenvalue weighted by Gasteiger charge is -2.36. The summed E-state index contributed by atoms with van der Waals surface area (Å²) in [5.41, 5.74) is 3.21. The normalized spacial score (nSPS) is 16.4. The second-order valence-corrected chi connectivity index (χ2v) is 9.28. The number of thioether (sulfide) groups is 1. The van der Waals surface area contributed by atoms with Crippen molar-refractivity contribution in [2.24, 2.45) is 4.99 Å². The summed E-state index contributed by atoms with van der Waals surface area (Å²) in [7, 11) is 4.67. The van der Waals surface area contributed by atoms with E-state index in [2.05, 4.69) is 15.3 Å². The molecule has 0 unspecified atom stereocenters. The molecule has 0 fully saturated rings. The summed E-state index contributed by atoms with van der Waals surface area (Å²) in [5.74, 6) is 0.463. The van der Waals surface area contributed by atoms with E-state index in [1.807, 2.05) is 28.5 Å². The molecule has 1 amide bonds. The molecule has 0 aliphatic carbocycles. The van der Waals surface area contributed by atoms with Crippen molar-refractivity contribution in [2.75, 3.05) is 34.5 Å². The number of carbonyl (C=O) groups is 2. The number of amidine groups is 1. The van der Waals surface area contributed by atoms with Crippen molar-refractivity contribution in [3.05, 3.63) is 76.2 Å². The van der Waals surface area contributed by atoms with Gasteiger partial charge in [-0.05, 0) is 36.1 Å². The molecule has 2 aliphatic rings. The highest BCUT2D eigenvalue weighted by atomic mass is 32.2. The van der Waals surface area contributed by atoms with Crippen LogP contribution in [0.15, 0.2) is 70.1 Å². The van der Waals surface area contributed by atoms with Gasteiger partial charge in [-0.15, -0.1) is 0 Å². The Labute approximate surface area is 225 Å². The van der Waals surface area contributed by atoms with Crippen LogP contribution in [-0.2, 0) is 25.6 Å². The number of fused-ring (bicyclic) bond motifs is 1. The number of benzene rings is 1. The summed E-state index contributed by atoms with van der Waals surface area (Å²) in [6.45, 7) is 2.51. The molecular formula is C27H30N4O6S. The Balaban J connectivity index is 1.66. The van der Waals surface area contributed by atoms with E-state index in [0.29, 0.717) is 45.7 Å². The lowest BCUT2D eigenvalue weighted by molar-refractivity contribution is -0.141. The van der Waals surface area contributed by atoms with Gasteiger partial charge in [0.05, 0.1) is 44.6 Å². The number of aliphatic imine (C=N–C) groups is 1. The largest absolute Gasteiger partial charge is 0.497 e. The molecule has 0 saturated heterocycles. The molecular weight excluding hydrogens is 508 g/mol. The molecule has 38 heavy (non-hydrogen) atoms. The van der Waals surface area contributed by atoms with E-state index in [1.54, 1.807) is 52.8 Å². The molecule has 0 spiro atoms. The van der Waals surface area contributed by atoms with Crippen LogP contribution in [0.1, 0.15) is 30.5 Å². The Kier molecular flexibility index (Phi) is 9.03. The number of aromatic nitrogens is 1. The fourth-order valence-electron chi connectivity index (χ4n) is 4.20. The number of nitrogens with one attached hydrogen (secondary N) is 1. The van der Waals surface area contributed by atoms with Crippen LogP contribution in [0.3, 0.4) is 0 Å². The van der Waals surface area contributed by atoms with E-state index in [1.165, 1.54) is 11.8 Å². The molecule has 1 aromatic carbocycles. The van der Waals surface area contributed by atoms with Crippen LogP contribution in [0.4, 0.5) is 0 Å². The maximum atomic E-state index is 13.4. The van der Waals surface area contributed by atoms with E-state index in [-0.39, 0.29) is 25.5 Å². The van der Waals surface area contributed by atoms with Crippen molar-refractivity contribution >= 4 is 28.8 Å². The molecule has 0 saturated carbocycles. The van der Waals surface area contributed by atoms with E-state index >= 15 is 0 Å². The quantitative estimate of drug-likeness (QED) is 0.339. The Morgan fingerprint density at radius 2 is 1.97 bits per heavy atom. The number of pyridine rings is 1. The monoisotopic (exact) mass is 538 g/mol. The molecule has 1 N–H and O–H groups in total. The van der Waals surface area contributed by atoms with Gasteiger partial charge in [0.25, 0.3) is 0 Å². The second-order valence-electron chi connectivity index (χ2n) is 8.44. The third-order valence-corrected chi connectivity index (χ3v) is 6.92. The second kappa shape index (κ2) is 12.6. The number of rotatable bonds is 11. The number of nitrogens with zero attached hydrogens (tertiary/aromatic N) is 3.